The zero-order chi connectivity index (χ0) is 10.8. The van der Waals surface area contributed by atoms with Gasteiger partial charge in [-0.2, -0.15) is 0 Å². The molecule has 0 saturated heterocycles. The number of hydrogen-bond donors (Lipinski definition) is 1. The summed E-state index contributed by atoms with van der Waals surface area (Å²) >= 11 is 0. The Hall–Kier alpha value is -2.04. The Kier molecular flexibility index (Phi) is 2.29. The zero-order valence-corrected chi connectivity index (χ0v) is 7.99. The van der Waals surface area contributed by atoms with Crippen LogP contribution in [0.15, 0.2) is 29.6 Å². The number of aromatic amines is 1. The number of halogens is 1. The maximum absolute atomic E-state index is 12.9. The predicted octanol–water partition coefficient (Wildman–Crippen LogP) is 1.28. The van der Waals surface area contributed by atoms with Gasteiger partial charge >= 0.3 is 0 Å². The molecule has 2 rings (SSSR count). The lowest BCUT2D eigenvalue weighted by molar-refractivity contribution is 0.622. The molecule has 2 heterocycles. The average Bonchev–Trinajstić information content (AvgIpc) is 2.22. The standard InChI is InChI=1S/C10H8FN3O/c1-6-9(13-5-14-10(6)15)7-2-8(11)4-12-3-7/h2-5H,1H3,(H,13,14,15). The van der Waals surface area contributed by atoms with Crippen LogP contribution in [0.25, 0.3) is 11.3 Å². The number of pyridine rings is 1. The average molecular weight is 205 g/mol. The number of rotatable bonds is 1. The predicted molar refractivity (Wildman–Crippen MR) is 52.8 cm³/mol. The second-order valence-corrected chi connectivity index (χ2v) is 3.10. The minimum absolute atomic E-state index is 0.232. The van der Waals surface area contributed by atoms with Crippen molar-refractivity contribution in [3.05, 3.63) is 46.5 Å². The molecule has 0 atom stereocenters. The highest BCUT2D eigenvalue weighted by atomic mass is 19.1. The highest BCUT2D eigenvalue weighted by Crippen LogP contribution is 2.17. The molecule has 0 fully saturated rings. The molecule has 5 heteroatoms. The van der Waals surface area contributed by atoms with E-state index < -0.39 is 5.82 Å². The second-order valence-electron chi connectivity index (χ2n) is 3.10. The summed E-state index contributed by atoms with van der Waals surface area (Å²) in [5.41, 5.74) is 1.17. The van der Waals surface area contributed by atoms with E-state index in [0.29, 0.717) is 16.8 Å². The molecule has 0 aliphatic heterocycles. The van der Waals surface area contributed by atoms with Gasteiger partial charge in [0.25, 0.3) is 5.56 Å². The summed E-state index contributed by atoms with van der Waals surface area (Å²) in [6.07, 6.45) is 3.86. The van der Waals surface area contributed by atoms with Crippen molar-refractivity contribution in [1.29, 1.82) is 0 Å². The van der Waals surface area contributed by atoms with Gasteiger partial charge in [-0.1, -0.05) is 0 Å². The summed E-state index contributed by atoms with van der Waals surface area (Å²) < 4.78 is 12.9. The molecular formula is C10H8FN3O. The maximum atomic E-state index is 12.9. The van der Waals surface area contributed by atoms with E-state index in [2.05, 4.69) is 15.0 Å². The summed E-state index contributed by atoms with van der Waals surface area (Å²) in [7, 11) is 0. The number of H-pyrrole nitrogens is 1. The highest BCUT2D eigenvalue weighted by molar-refractivity contribution is 5.60. The van der Waals surface area contributed by atoms with E-state index >= 15 is 0 Å². The largest absolute Gasteiger partial charge is 0.313 e. The Balaban J connectivity index is 2.64. The van der Waals surface area contributed by atoms with Crippen molar-refractivity contribution in [2.45, 2.75) is 6.92 Å². The van der Waals surface area contributed by atoms with E-state index in [1.807, 2.05) is 0 Å². The van der Waals surface area contributed by atoms with Gasteiger partial charge in [-0.25, -0.2) is 9.37 Å². The van der Waals surface area contributed by atoms with Gasteiger partial charge in [-0.15, -0.1) is 0 Å². The molecule has 0 radical (unpaired) electrons. The number of hydrogen-bond acceptors (Lipinski definition) is 3. The zero-order valence-electron chi connectivity index (χ0n) is 7.99. The first kappa shape index (κ1) is 9.51. The monoisotopic (exact) mass is 205 g/mol. The molecule has 2 aromatic rings. The van der Waals surface area contributed by atoms with Gasteiger partial charge in [0.2, 0.25) is 0 Å². The fraction of sp³-hybridized carbons (Fsp3) is 0.100. The number of nitrogens with zero attached hydrogens (tertiary/aromatic N) is 2. The Morgan fingerprint density at radius 1 is 1.40 bits per heavy atom. The molecule has 0 saturated carbocycles. The Morgan fingerprint density at radius 2 is 2.20 bits per heavy atom. The molecule has 76 valence electrons. The molecule has 0 unspecified atom stereocenters. The van der Waals surface area contributed by atoms with Crippen LogP contribution >= 0.6 is 0 Å². The Morgan fingerprint density at radius 3 is 2.93 bits per heavy atom. The topological polar surface area (TPSA) is 58.6 Å². The third kappa shape index (κ3) is 1.76. The van der Waals surface area contributed by atoms with Gasteiger partial charge < -0.3 is 4.98 Å². The van der Waals surface area contributed by atoms with Crippen molar-refractivity contribution >= 4 is 0 Å². The Labute approximate surface area is 84.8 Å². The third-order valence-corrected chi connectivity index (χ3v) is 2.06. The van der Waals surface area contributed by atoms with Gasteiger partial charge in [0.1, 0.15) is 5.82 Å². The smallest absolute Gasteiger partial charge is 0.254 e. The molecule has 0 bridgehead atoms. The van der Waals surface area contributed by atoms with Crippen LogP contribution in [0.4, 0.5) is 4.39 Å². The summed E-state index contributed by atoms with van der Waals surface area (Å²) in [5, 5.41) is 0. The summed E-state index contributed by atoms with van der Waals surface area (Å²) in [6.45, 7) is 1.63. The van der Waals surface area contributed by atoms with Gasteiger partial charge in [0.15, 0.2) is 0 Å². The van der Waals surface area contributed by atoms with Crippen molar-refractivity contribution in [1.82, 2.24) is 15.0 Å². The van der Waals surface area contributed by atoms with Crippen LogP contribution in [0.3, 0.4) is 0 Å². The molecule has 1 N–H and O–H groups in total. The fourth-order valence-electron chi connectivity index (χ4n) is 1.30. The number of nitrogens with one attached hydrogen (secondary N) is 1. The van der Waals surface area contributed by atoms with E-state index in [9.17, 15) is 9.18 Å². The first-order valence-electron chi connectivity index (χ1n) is 4.33. The van der Waals surface area contributed by atoms with Gasteiger partial charge in [-0.05, 0) is 13.0 Å². The van der Waals surface area contributed by atoms with Crippen molar-refractivity contribution < 1.29 is 4.39 Å². The van der Waals surface area contributed by atoms with Crippen molar-refractivity contribution in [2.75, 3.05) is 0 Å². The molecule has 0 aromatic carbocycles. The number of aromatic nitrogens is 3. The fourth-order valence-corrected chi connectivity index (χ4v) is 1.30. The quantitative estimate of drug-likeness (QED) is 0.762. The first-order chi connectivity index (χ1) is 7.18. The van der Waals surface area contributed by atoms with E-state index in [4.69, 9.17) is 0 Å². The first-order valence-corrected chi connectivity index (χ1v) is 4.33. The molecule has 0 aliphatic rings. The summed E-state index contributed by atoms with van der Waals surface area (Å²) in [5.74, 6) is -0.450. The lowest BCUT2D eigenvalue weighted by atomic mass is 10.1. The molecule has 15 heavy (non-hydrogen) atoms. The van der Waals surface area contributed by atoms with Crippen LogP contribution in [0.5, 0.6) is 0 Å². The van der Waals surface area contributed by atoms with E-state index in [1.54, 1.807) is 6.92 Å². The minimum atomic E-state index is -0.450. The van der Waals surface area contributed by atoms with Crippen LogP contribution in [0, 0.1) is 12.7 Å². The maximum Gasteiger partial charge on any atom is 0.254 e. The molecule has 2 aromatic heterocycles. The lowest BCUT2D eigenvalue weighted by Gasteiger charge is -2.02. The van der Waals surface area contributed by atoms with Crippen LogP contribution in [0.1, 0.15) is 5.56 Å². The van der Waals surface area contributed by atoms with Crippen molar-refractivity contribution in [2.24, 2.45) is 0 Å². The normalized spacial score (nSPS) is 10.3. The lowest BCUT2D eigenvalue weighted by Crippen LogP contribution is -2.11. The van der Waals surface area contributed by atoms with E-state index in [0.717, 1.165) is 6.20 Å². The van der Waals surface area contributed by atoms with E-state index in [1.165, 1.54) is 18.6 Å². The molecule has 0 aliphatic carbocycles. The highest BCUT2D eigenvalue weighted by Gasteiger charge is 2.07. The van der Waals surface area contributed by atoms with Crippen LogP contribution < -0.4 is 5.56 Å². The second kappa shape index (κ2) is 3.61. The van der Waals surface area contributed by atoms with Crippen LogP contribution in [-0.4, -0.2) is 15.0 Å². The summed E-state index contributed by atoms with van der Waals surface area (Å²) in [6, 6.07) is 1.29. The SMILES string of the molecule is Cc1c(-c2cncc(F)c2)nc[nH]c1=O. The van der Waals surface area contributed by atoms with Gasteiger partial charge in [0.05, 0.1) is 18.2 Å². The minimum Gasteiger partial charge on any atom is -0.313 e. The van der Waals surface area contributed by atoms with Crippen LogP contribution in [-0.2, 0) is 0 Å². The van der Waals surface area contributed by atoms with E-state index in [-0.39, 0.29) is 5.56 Å². The molecule has 0 spiro atoms. The van der Waals surface area contributed by atoms with Crippen molar-refractivity contribution in [3.63, 3.8) is 0 Å². The third-order valence-electron chi connectivity index (χ3n) is 2.06. The van der Waals surface area contributed by atoms with Gasteiger partial charge in [-0.3, -0.25) is 9.78 Å². The van der Waals surface area contributed by atoms with Crippen LogP contribution in [0.2, 0.25) is 0 Å². The van der Waals surface area contributed by atoms with Crippen molar-refractivity contribution in [3.8, 4) is 11.3 Å². The molecular weight excluding hydrogens is 197 g/mol. The summed E-state index contributed by atoms with van der Waals surface area (Å²) in [4.78, 5) is 21.4. The molecule has 4 nitrogen and oxygen atoms in total. The molecule has 0 amide bonds. The Bertz CT molecular complexity index is 550. The van der Waals surface area contributed by atoms with Gasteiger partial charge in [0, 0.05) is 17.3 Å².